The number of carboxylic acids is 1. The maximum absolute atomic E-state index is 14.4. The standard InChI is InChI=1S/C25H29F2N3O5/c1-25(2,24(33)34)30-15-22(31)29(14-16-6-7-17(26)12-20(16)27)21-9-8-18(13-19(21)23(30)32)35-11-5-3-4-10-28/h6-9,12-13H,3-5,10-11,14-15,28H2,1-2H3,(H,33,34). The Morgan fingerprint density at radius 1 is 1.11 bits per heavy atom. The molecule has 0 fully saturated rings. The third kappa shape index (κ3) is 5.76. The van der Waals surface area contributed by atoms with Gasteiger partial charge in [-0.15, -0.1) is 0 Å². The second-order valence-electron chi connectivity index (χ2n) is 8.85. The van der Waals surface area contributed by atoms with Crippen molar-refractivity contribution in [3.05, 3.63) is 59.2 Å². The second-order valence-corrected chi connectivity index (χ2v) is 8.85. The van der Waals surface area contributed by atoms with E-state index in [0.29, 0.717) is 25.0 Å². The summed E-state index contributed by atoms with van der Waals surface area (Å²) in [7, 11) is 0. The number of carbonyl (C=O) groups is 3. The van der Waals surface area contributed by atoms with Gasteiger partial charge in [0.2, 0.25) is 5.91 Å². The summed E-state index contributed by atoms with van der Waals surface area (Å²) in [5, 5.41) is 9.70. The van der Waals surface area contributed by atoms with E-state index in [1.165, 1.54) is 36.9 Å². The van der Waals surface area contributed by atoms with Crippen molar-refractivity contribution in [1.29, 1.82) is 0 Å². The first kappa shape index (κ1) is 26.1. The molecule has 0 aliphatic carbocycles. The number of hydrogen-bond donors (Lipinski definition) is 2. The number of halogens is 2. The first-order valence-corrected chi connectivity index (χ1v) is 11.3. The van der Waals surface area contributed by atoms with Gasteiger partial charge in [0.05, 0.1) is 24.4 Å². The number of aliphatic carboxylic acids is 1. The van der Waals surface area contributed by atoms with Crippen LogP contribution < -0.4 is 15.4 Å². The maximum Gasteiger partial charge on any atom is 0.329 e. The van der Waals surface area contributed by atoms with E-state index in [-0.39, 0.29) is 23.4 Å². The molecule has 0 unspecified atom stereocenters. The Labute approximate surface area is 202 Å². The molecule has 0 atom stereocenters. The number of amides is 2. The Kier molecular flexibility index (Phi) is 8.06. The number of carbonyl (C=O) groups excluding carboxylic acids is 2. The molecule has 3 rings (SSSR count). The molecule has 1 aliphatic heterocycles. The van der Waals surface area contributed by atoms with E-state index in [1.807, 2.05) is 0 Å². The molecule has 3 N–H and O–H groups in total. The van der Waals surface area contributed by atoms with Crippen LogP contribution in [0.2, 0.25) is 0 Å². The summed E-state index contributed by atoms with van der Waals surface area (Å²) < 4.78 is 33.5. The SMILES string of the molecule is CC(C)(C(=O)O)N1CC(=O)N(Cc2ccc(F)cc2F)c2ccc(OCCCCCN)cc2C1=O. The molecule has 2 aromatic rings. The molecule has 0 bridgehead atoms. The number of unbranched alkanes of at least 4 members (excludes halogenated alkanes) is 2. The molecule has 8 nitrogen and oxygen atoms in total. The van der Waals surface area contributed by atoms with Crippen LogP contribution in [-0.4, -0.2) is 53.0 Å². The monoisotopic (exact) mass is 489 g/mol. The van der Waals surface area contributed by atoms with Crippen LogP contribution in [0.4, 0.5) is 14.5 Å². The van der Waals surface area contributed by atoms with Gasteiger partial charge in [0.25, 0.3) is 5.91 Å². The van der Waals surface area contributed by atoms with E-state index in [2.05, 4.69) is 0 Å². The van der Waals surface area contributed by atoms with Gasteiger partial charge in [-0.05, 0) is 63.9 Å². The normalized spacial score (nSPS) is 14.1. The van der Waals surface area contributed by atoms with Crippen molar-refractivity contribution < 1.29 is 33.0 Å². The molecule has 1 heterocycles. The molecule has 0 spiro atoms. The van der Waals surface area contributed by atoms with Crippen molar-refractivity contribution >= 4 is 23.5 Å². The fraction of sp³-hybridized carbons (Fsp3) is 0.400. The molecule has 10 heteroatoms. The smallest absolute Gasteiger partial charge is 0.329 e. The molecule has 2 amide bonds. The Balaban J connectivity index is 2.01. The van der Waals surface area contributed by atoms with Crippen LogP contribution in [0.3, 0.4) is 0 Å². The van der Waals surface area contributed by atoms with Crippen molar-refractivity contribution in [3.8, 4) is 5.75 Å². The lowest BCUT2D eigenvalue weighted by Crippen LogP contribution is -2.55. The second kappa shape index (κ2) is 10.8. The molecule has 35 heavy (non-hydrogen) atoms. The predicted molar refractivity (Wildman–Crippen MR) is 125 cm³/mol. The van der Waals surface area contributed by atoms with Crippen LogP contribution in [0.25, 0.3) is 0 Å². The molecule has 1 aliphatic rings. The van der Waals surface area contributed by atoms with Gasteiger partial charge in [0, 0.05) is 11.6 Å². The number of benzene rings is 2. The molecule has 2 aromatic carbocycles. The largest absolute Gasteiger partial charge is 0.494 e. The van der Waals surface area contributed by atoms with Gasteiger partial charge in [-0.25, -0.2) is 13.6 Å². The number of fused-ring (bicyclic) bond motifs is 1. The van der Waals surface area contributed by atoms with E-state index < -0.39 is 41.5 Å². The third-order valence-electron chi connectivity index (χ3n) is 5.99. The van der Waals surface area contributed by atoms with Gasteiger partial charge < -0.3 is 25.4 Å². The summed E-state index contributed by atoms with van der Waals surface area (Å²) in [5.74, 6) is -3.78. The van der Waals surface area contributed by atoms with E-state index in [0.717, 1.165) is 30.2 Å². The van der Waals surface area contributed by atoms with Crippen LogP contribution in [0.15, 0.2) is 36.4 Å². The molecule has 0 saturated heterocycles. The first-order chi connectivity index (χ1) is 16.6. The number of anilines is 1. The minimum Gasteiger partial charge on any atom is -0.494 e. The highest BCUT2D eigenvalue weighted by Crippen LogP contribution is 2.33. The fourth-order valence-electron chi connectivity index (χ4n) is 3.76. The highest BCUT2D eigenvalue weighted by atomic mass is 19.1. The molecule has 0 saturated carbocycles. The number of nitrogens with zero attached hydrogens (tertiary/aromatic N) is 2. The predicted octanol–water partition coefficient (Wildman–Crippen LogP) is 3.32. The number of ether oxygens (including phenoxy) is 1. The van der Waals surface area contributed by atoms with Crippen LogP contribution in [0, 0.1) is 11.6 Å². The number of nitrogens with two attached hydrogens (primary N) is 1. The van der Waals surface area contributed by atoms with E-state index in [4.69, 9.17) is 10.5 Å². The zero-order chi connectivity index (χ0) is 25.8. The maximum atomic E-state index is 14.4. The third-order valence-corrected chi connectivity index (χ3v) is 5.99. The minimum absolute atomic E-state index is 0.0457. The highest BCUT2D eigenvalue weighted by Gasteiger charge is 2.43. The Morgan fingerprint density at radius 3 is 2.51 bits per heavy atom. The molecular formula is C25H29F2N3O5. The van der Waals surface area contributed by atoms with E-state index in [1.54, 1.807) is 6.07 Å². The quantitative estimate of drug-likeness (QED) is 0.495. The van der Waals surface area contributed by atoms with Gasteiger partial charge in [-0.1, -0.05) is 6.07 Å². The Bertz CT molecular complexity index is 1120. The Hall–Kier alpha value is -3.53. The summed E-state index contributed by atoms with van der Waals surface area (Å²) in [6.07, 6.45) is 2.50. The lowest BCUT2D eigenvalue weighted by molar-refractivity contribution is -0.148. The van der Waals surface area contributed by atoms with Crippen LogP contribution in [0.1, 0.15) is 49.0 Å². The van der Waals surface area contributed by atoms with Gasteiger partial charge >= 0.3 is 5.97 Å². The summed E-state index contributed by atoms with van der Waals surface area (Å²) in [6.45, 7) is 2.82. The van der Waals surface area contributed by atoms with Gasteiger partial charge in [0.1, 0.15) is 29.5 Å². The topological polar surface area (TPSA) is 113 Å². The highest BCUT2D eigenvalue weighted by molar-refractivity contribution is 6.11. The van der Waals surface area contributed by atoms with Gasteiger partial charge in [-0.2, -0.15) is 0 Å². The van der Waals surface area contributed by atoms with Crippen LogP contribution in [-0.2, 0) is 16.1 Å². The Morgan fingerprint density at radius 2 is 1.86 bits per heavy atom. The molecule has 0 radical (unpaired) electrons. The van der Waals surface area contributed by atoms with Crippen molar-refractivity contribution in [2.75, 3.05) is 24.6 Å². The van der Waals surface area contributed by atoms with Gasteiger partial charge in [0.15, 0.2) is 0 Å². The average Bonchev–Trinajstić information content (AvgIpc) is 2.90. The number of carboxylic acid groups (broad SMARTS) is 1. The molecule has 0 aromatic heterocycles. The van der Waals surface area contributed by atoms with E-state index >= 15 is 0 Å². The summed E-state index contributed by atoms with van der Waals surface area (Å²) in [6, 6.07) is 7.58. The first-order valence-electron chi connectivity index (χ1n) is 11.3. The van der Waals surface area contributed by atoms with Crippen LogP contribution in [0.5, 0.6) is 5.75 Å². The van der Waals surface area contributed by atoms with Gasteiger partial charge in [-0.3, -0.25) is 9.59 Å². The van der Waals surface area contributed by atoms with Crippen molar-refractivity contribution in [2.24, 2.45) is 5.73 Å². The summed E-state index contributed by atoms with van der Waals surface area (Å²) >= 11 is 0. The lowest BCUT2D eigenvalue weighted by atomic mass is 10.0. The van der Waals surface area contributed by atoms with E-state index in [9.17, 15) is 28.3 Å². The van der Waals surface area contributed by atoms with Crippen LogP contribution >= 0.6 is 0 Å². The fourth-order valence-corrected chi connectivity index (χ4v) is 3.76. The average molecular weight is 490 g/mol. The minimum atomic E-state index is -1.69. The number of hydrogen-bond acceptors (Lipinski definition) is 5. The summed E-state index contributed by atoms with van der Waals surface area (Å²) in [5.41, 5.74) is 4.08. The van der Waals surface area contributed by atoms with Crippen molar-refractivity contribution in [3.63, 3.8) is 0 Å². The summed E-state index contributed by atoms with van der Waals surface area (Å²) in [4.78, 5) is 40.8. The van der Waals surface area contributed by atoms with Crippen molar-refractivity contribution in [2.45, 2.75) is 45.2 Å². The zero-order valence-electron chi connectivity index (χ0n) is 19.7. The molecule has 188 valence electrons. The molecular weight excluding hydrogens is 460 g/mol. The lowest BCUT2D eigenvalue weighted by Gasteiger charge is -2.33. The number of rotatable bonds is 10. The zero-order valence-corrected chi connectivity index (χ0v) is 19.7. The van der Waals surface area contributed by atoms with Crippen molar-refractivity contribution in [1.82, 2.24) is 4.90 Å².